The van der Waals surface area contributed by atoms with Gasteiger partial charge in [0.25, 0.3) is 0 Å². The Hall–Kier alpha value is -1.87. The molecule has 0 bridgehead atoms. The standard InChI is InChI=1S/C17H22N2O/c1-12(2)18-11-15-6-5-7-17(19-15)20-16-10-13(3)8-9-14(16)4/h5-10,12,18H,11H2,1-4H3. The van der Waals surface area contributed by atoms with Crippen molar-refractivity contribution in [2.24, 2.45) is 0 Å². The number of rotatable bonds is 5. The molecule has 0 spiro atoms. The average Bonchev–Trinajstić information content (AvgIpc) is 2.41. The number of aromatic nitrogens is 1. The molecule has 0 aliphatic heterocycles. The van der Waals surface area contributed by atoms with Crippen LogP contribution in [-0.4, -0.2) is 11.0 Å². The van der Waals surface area contributed by atoms with Gasteiger partial charge in [-0.05, 0) is 37.1 Å². The first-order valence-electron chi connectivity index (χ1n) is 6.99. The molecule has 1 aromatic carbocycles. The van der Waals surface area contributed by atoms with Crippen LogP contribution in [0.25, 0.3) is 0 Å². The van der Waals surface area contributed by atoms with Crippen LogP contribution < -0.4 is 10.1 Å². The average molecular weight is 270 g/mol. The van der Waals surface area contributed by atoms with E-state index in [1.165, 1.54) is 5.56 Å². The summed E-state index contributed by atoms with van der Waals surface area (Å²) in [6.07, 6.45) is 0. The number of nitrogens with zero attached hydrogens (tertiary/aromatic N) is 1. The number of aryl methyl sites for hydroxylation is 2. The van der Waals surface area contributed by atoms with Gasteiger partial charge >= 0.3 is 0 Å². The van der Waals surface area contributed by atoms with Crippen LogP contribution in [0.3, 0.4) is 0 Å². The Labute approximate surface area is 121 Å². The van der Waals surface area contributed by atoms with Crippen LogP contribution in [0.15, 0.2) is 36.4 Å². The van der Waals surface area contributed by atoms with Gasteiger partial charge in [0.05, 0.1) is 5.69 Å². The predicted molar refractivity (Wildman–Crippen MR) is 82.2 cm³/mol. The van der Waals surface area contributed by atoms with Crippen molar-refractivity contribution < 1.29 is 4.74 Å². The predicted octanol–water partition coefficient (Wildman–Crippen LogP) is 3.99. The van der Waals surface area contributed by atoms with Crippen molar-refractivity contribution >= 4 is 0 Å². The Morgan fingerprint density at radius 1 is 1.15 bits per heavy atom. The van der Waals surface area contributed by atoms with Gasteiger partial charge in [-0.1, -0.05) is 32.0 Å². The summed E-state index contributed by atoms with van der Waals surface area (Å²) in [6, 6.07) is 12.5. The highest BCUT2D eigenvalue weighted by Gasteiger charge is 2.04. The second-order valence-corrected chi connectivity index (χ2v) is 5.37. The largest absolute Gasteiger partial charge is 0.439 e. The smallest absolute Gasteiger partial charge is 0.219 e. The van der Waals surface area contributed by atoms with E-state index in [9.17, 15) is 0 Å². The number of ether oxygens (including phenoxy) is 1. The van der Waals surface area contributed by atoms with Crippen molar-refractivity contribution in [3.8, 4) is 11.6 Å². The molecule has 0 amide bonds. The van der Waals surface area contributed by atoms with Crippen molar-refractivity contribution in [1.82, 2.24) is 10.3 Å². The van der Waals surface area contributed by atoms with Crippen molar-refractivity contribution in [3.63, 3.8) is 0 Å². The number of pyridine rings is 1. The lowest BCUT2D eigenvalue weighted by atomic mass is 10.1. The molecule has 0 unspecified atom stereocenters. The molecule has 1 heterocycles. The molecule has 0 aliphatic rings. The lowest BCUT2D eigenvalue weighted by Crippen LogP contribution is -2.22. The maximum atomic E-state index is 5.90. The topological polar surface area (TPSA) is 34.1 Å². The maximum absolute atomic E-state index is 5.90. The third-order valence-corrected chi connectivity index (χ3v) is 3.03. The van der Waals surface area contributed by atoms with Gasteiger partial charge in [0, 0.05) is 18.7 Å². The first kappa shape index (κ1) is 14.5. The molecular weight excluding hydrogens is 248 g/mol. The minimum atomic E-state index is 0.445. The number of hydrogen-bond donors (Lipinski definition) is 1. The Bertz CT molecular complexity index is 579. The van der Waals surface area contributed by atoms with Crippen LogP contribution in [0.4, 0.5) is 0 Å². The molecule has 1 N–H and O–H groups in total. The van der Waals surface area contributed by atoms with Gasteiger partial charge < -0.3 is 10.1 Å². The Morgan fingerprint density at radius 2 is 1.95 bits per heavy atom. The van der Waals surface area contributed by atoms with E-state index in [1.54, 1.807) is 0 Å². The third kappa shape index (κ3) is 4.07. The fourth-order valence-corrected chi connectivity index (χ4v) is 1.85. The van der Waals surface area contributed by atoms with Crippen molar-refractivity contribution in [3.05, 3.63) is 53.2 Å². The molecule has 0 saturated carbocycles. The quantitative estimate of drug-likeness (QED) is 0.892. The zero-order chi connectivity index (χ0) is 14.5. The molecule has 0 saturated heterocycles. The third-order valence-electron chi connectivity index (χ3n) is 3.03. The molecule has 20 heavy (non-hydrogen) atoms. The Morgan fingerprint density at radius 3 is 2.70 bits per heavy atom. The number of nitrogens with one attached hydrogen (secondary N) is 1. The van der Waals surface area contributed by atoms with Crippen molar-refractivity contribution in [2.75, 3.05) is 0 Å². The highest BCUT2D eigenvalue weighted by molar-refractivity contribution is 5.38. The molecule has 0 atom stereocenters. The minimum absolute atomic E-state index is 0.445. The van der Waals surface area contributed by atoms with Gasteiger partial charge in [-0.15, -0.1) is 0 Å². The Balaban J connectivity index is 2.13. The van der Waals surface area contributed by atoms with Crippen LogP contribution in [0.2, 0.25) is 0 Å². The minimum Gasteiger partial charge on any atom is -0.439 e. The fraction of sp³-hybridized carbons (Fsp3) is 0.353. The molecule has 2 rings (SSSR count). The summed E-state index contributed by atoms with van der Waals surface area (Å²) in [4.78, 5) is 4.53. The molecule has 0 fully saturated rings. The van der Waals surface area contributed by atoms with E-state index < -0.39 is 0 Å². The summed E-state index contributed by atoms with van der Waals surface area (Å²) in [6.45, 7) is 9.09. The van der Waals surface area contributed by atoms with E-state index in [2.05, 4.69) is 43.2 Å². The summed E-state index contributed by atoms with van der Waals surface area (Å²) in [7, 11) is 0. The summed E-state index contributed by atoms with van der Waals surface area (Å²) < 4.78 is 5.90. The lowest BCUT2D eigenvalue weighted by molar-refractivity contribution is 0.454. The molecular formula is C17H22N2O. The number of benzene rings is 1. The summed E-state index contributed by atoms with van der Waals surface area (Å²) in [5.74, 6) is 1.51. The zero-order valence-electron chi connectivity index (χ0n) is 12.6. The second kappa shape index (κ2) is 6.53. The summed E-state index contributed by atoms with van der Waals surface area (Å²) in [5.41, 5.74) is 3.29. The fourth-order valence-electron chi connectivity index (χ4n) is 1.85. The summed E-state index contributed by atoms with van der Waals surface area (Å²) >= 11 is 0. The van der Waals surface area contributed by atoms with E-state index in [0.29, 0.717) is 11.9 Å². The van der Waals surface area contributed by atoms with E-state index >= 15 is 0 Å². The monoisotopic (exact) mass is 270 g/mol. The zero-order valence-corrected chi connectivity index (χ0v) is 12.6. The van der Waals surface area contributed by atoms with Gasteiger partial charge in [-0.2, -0.15) is 0 Å². The molecule has 2 aromatic rings. The maximum Gasteiger partial charge on any atom is 0.219 e. The van der Waals surface area contributed by atoms with Crippen LogP contribution >= 0.6 is 0 Å². The van der Waals surface area contributed by atoms with Gasteiger partial charge in [-0.25, -0.2) is 4.98 Å². The van der Waals surface area contributed by atoms with Gasteiger partial charge in [0.1, 0.15) is 5.75 Å². The van der Waals surface area contributed by atoms with Gasteiger partial charge in [0.2, 0.25) is 5.88 Å². The molecule has 106 valence electrons. The van der Waals surface area contributed by atoms with Crippen LogP contribution in [0, 0.1) is 13.8 Å². The molecule has 3 heteroatoms. The van der Waals surface area contributed by atoms with Gasteiger partial charge in [0.15, 0.2) is 0 Å². The molecule has 1 aromatic heterocycles. The van der Waals surface area contributed by atoms with Gasteiger partial charge in [-0.3, -0.25) is 0 Å². The van der Waals surface area contributed by atoms with Crippen LogP contribution in [0.1, 0.15) is 30.7 Å². The first-order chi connectivity index (χ1) is 9.54. The number of hydrogen-bond acceptors (Lipinski definition) is 3. The van der Waals surface area contributed by atoms with Crippen molar-refractivity contribution in [2.45, 2.75) is 40.3 Å². The van der Waals surface area contributed by atoms with E-state index in [1.807, 2.05) is 31.2 Å². The normalized spacial score (nSPS) is 10.8. The van der Waals surface area contributed by atoms with Crippen molar-refractivity contribution in [1.29, 1.82) is 0 Å². The first-order valence-corrected chi connectivity index (χ1v) is 6.99. The molecule has 0 aliphatic carbocycles. The van der Waals surface area contributed by atoms with Crippen LogP contribution in [-0.2, 0) is 6.54 Å². The highest BCUT2D eigenvalue weighted by Crippen LogP contribution is 2.24. The SMILES string of the molecule is Cc1ccc(C)c(Oc2cccc(CNC(C)C)n2)c1. The van der Waals surface area contributed by atoms with E-state index in [-0.39, 0.29) is 0 Å². The molecule has 0 radical (unpaired) electrons. The van der Waals surface area contributed by atoms with E-state index in [4.69, 9.17) is 4.74 Å². The van der Waals surface area contributed by atoms with Crippen LogP contribution in [0.5, 0.6) is 11.6 Å². The summed E-state index contributed by atoms with van der Waals surface area (Å²) in [5, 5.41) is 3.36. The second-order valence-electron chi connectivity index (χ2n) is 5.37. The lowest BCUT2D eigenvalue weighted by Gasteiger charge is -2.11. The molecule has 3 nitrogen and oxygen atoms in total. The Kier molecular flexibility index (Phi) is 4.74. The van der Waals surface area contributed by atoms with E-state index in [0.717, 1.165) is 23.6 Å². The highest BCUT2D eigenvalue weighted by atomic mass is 16.5.